The van der Waals surface area contributed by atoms with Crippen molar-refractivity contribution in [3.05, 3.63) is 0 Å². The molecule has 0 spiro atoms. The summed E-state index contributed by atoms with van der Waals surface area (Å²) in [5.74, 6) is -0.692. The summed E-state index contributed by atoms with van der Waals surface area (Å²) in [7, 11) is 5.26. The van der Waals surface area contributed by atoms with Crippen molar-refractivity contribution in [1.29, 1.82) is 0 Å². The van der Waals surface area contributed by atoms with Gasteiger partial charge >= 0.3 is 6.03 Å². The zero-order chi connectivity index (χ0) is 18.4. The summed E-state index contributed by atoms with van der Waals surface area (Å²) < 4.78 is 0. The third-order valence-electron chi connectivity index (χ3n) is 2.78. The highest BCUT2D eigenvalue weighted by Gasteiger charge is 2.13. The third-order valence-corrected chi connectivity index (χ3v) is 2.78. The van der Waals surface area contributed by atoms with Crippen LogP contribution in [0.3, 0.4) is 0 Å². The molecule has 0 aromatic heterocycles. The number of nitrogens with zero attached hydrogens (tertiary/aromatic N) is 2. The Hall–Kier alpha value is -1.95. The van der Waals surface area contributed by atoms with Crippen molar-refractivity contribution >= 4 is 17.8 Å². The second kappa shape index (κ2) is 13.5. The van der Waals surface area contributed by atoms with E-state index in [0.717, 1.165) is 10.5 Å². The van der Waals surface area contributed by atoms with Crippen LogP contribution in [0.5, 0.6) is 0 Å². The molecule has 0 atom stereocenters. The van der Waals surface area contributed by atoms with Crippen LogP contribution in [0, 0.1) is 0 Å². The number of rotatable bonds is 12. The van der Waals surface area contributed by atoms with Crippen LogP contribution in [0.1, 0.15) is 25.7 Å². The van der Waals surface area contributed by atoms with Crippen LogP contribution in [0.15, 0.2) is 0 Å². The van der Waals surface area contributed by atoms with Crippen molar-refractivity contribution in [2.24, 2.45) is 0 Å². The van der Waals surface area contributed by atoms with Gasteiger partial charge in [0.25, 0.3) is 11.8 Å². The number of hydroxylamine groups is 4. The van der Waals surface area contributed by atoms with E-state index >= 15 is 0 Å². The number of nitrogens with one attached hydrogen (secondary N) is 2. The average Bonchev–Trinajstić information content (AvgIpc) is 2.57. The van der Waals surface area contributed by atoms with Gasteiger partial charge < -0.3 is 10.6 Å². The topological polar surface area (TPSA) is 119 Å². The molecule has 0 aliphatic rings. The highest BCUT2D eigenvalue weighted by Crippen LogP contribution is 1.98. The first-order chi connectivity index (χ1) is 11.5. The molecule has 0 saturated heterocycles. The number of hydrogen-bond donors (Lipinski definition) is 2. The maximum absolute atomic E-state index is 11.5. The van der Waals surface area contributed by atoms with Crippen LogP contribution >= 0.6 is 0 Å². The van der Waals surface area contributed by atoms with E-state index in [2.05, 4.69) is 30.0 Å². The zero-order valence-corrected chi connectivity index (χ0v) is 14.5. The van der Waals surface area contributed by atoms with E-state index < -0.39 is 0 Å². The summed E-state index contributed by atoms with van der Waals surface area (Å²) in [5, 5.41) is 6.73. The summed E-state index contributed by atoms with van der Waals surface area (Å²) >= 11 is 0. The van der Waals surface area contributed by atoms with Gasteiger partial charge in [-0.1, -0.05) is 10.5 Å². The molecule has 140 valence electrons. The summed E-state index contributed by atoms with van der Waals surface area (Å²) in [5.41, 5.74) is 0. The molecule has 24 heavy (non-hydrogen) atoms. The predicted molar refractivity (Wildman–Crippen MR) is 81.6 cm³/mol. The molecule has 0 bridgehead atoms. The second-order valence-corrected chi connectivity index (χ2v) is 4.42. The van der Waals surface area contributed by atoms with Gasteiger partial charge in [0, 0.05) is 25.9 Å². The molecule has 0 aromatic rings. The number of amides is 4. The Balaban J connectivity index is 3.70. The van der Waals surface area contributed by atoms with E-state index in [4.69, 9.17) is 0 Å². The van der Waals surface area contributed by atoms with Gasteiger partial charge in [-0.3, -0.25) is 9.59 Å². The van der Waals surface area contributed by atoms with Gasteiger partial charge in [0.1, 0.15) is 0 Å². The fourth-order valence-electron chi connectivity index (χ4n) is 1.68. The minimum absolute atomic E-state index is 0.167. The maximum atomic E-state index is 11.5. The van der Waals surface area contributed by atoms with Crippen LogP contribution in [-0.2, 0) is 28.9 Å². The van der Waals surface area contributed by atoms with Gasteiger partial charge in [-0.05, 0) is 12.8 Å². The normalized spacial score (nSPS) is 10.2. The highest BCUT2D eigenvalue weighted by molar-refractivity contribution is 5.75. The van der Waals surface area contributed by atoms with Crippen molar-refractivity contribution in [1.82, 2.24) is 21.1 Å². The standard InChI is InChI=1S/C13H26N4O7/c1-21-16(22-2)11(18)7-5-9-14-13(20)15-10-6-8-12(19)17(23-3)24-4/h5-10H2,1-4H3,(H2,14,15,20). The van der Waals surface area contributed by atoms with Gasteiger partial charge in [-0.2, -0.15) is 0 Å². The Morgan fingerprint density at radius 1 is 0.708 bits per heavy atom. The fourth-order valence-corrected chi connectivity index (χ4v) is 1.68. The lowest BCUT2D eigenvalue weighted by Gasteiger charge is -2.16. The van der Waals surface area contributed by atoms with Gasteiger partial charge in [-0.15, -0.1) is 0 Å². The molecule has 0 unspecified atom stereocenters. The Kier molecular flexibility index (Phi) is 12.4. The van der Waals surface area contributed by atoms with Gasteiger partial charge in [-0.25, -0.2) is 24.1 Å². The number of hydrogen-bond acceptors (Lipinski definition) is 7. The Labute approximate surface area is 140 Å². The van der Waals surface area contributed by atoms with Crippen molar-refractivity contribution < 1.29 is 33.7 Å². The molecule has 11 heteroatoms. The minimum atomic E-state index is -0.374. The SMILES string of the molecule is CON(OC)C(=O)CCCNC(=O)NCCCC(=O)N(OC)OC. The second-order valence-electron chi connectivity index (χ2n) is 4.42. The highest BCUT2D eigenvalue weighted by atomic mass is 16.9. The molecule has 0 aliphatic heterocycles. The first-order valence-corrected chi connectivity index (χ1v) is 7.34. The van der Waals surface area contributed by atoms with E-state index in [1.54, 1.807) is 0 Å². The third kappa shape index (κ3) is 9.25. The number of carbonyl (C=O) groups is 3. The Morgan fingerprint density at radius 2 is 1.04 bits per heavy atom. The van der Waals surface area contributed by atoms with Crippen LogP contribution in [0.2, 0.25) is 0 Å². The predicted octanol–water partition coefficient (Wildman–Crippen LogP) is -0.251. The van der Waals surface area contributed by atoms with Gasteiger partial charge in [0.05, 0.1) is 28.4 Å². The van der Waals surface area contributed by atoms with Crippen molar-refractivity contribution in [3.8, 4) is 0 Å². The summed E-state index contributed by atoms with van der Waals surface area (Å²) in [4.78, 5) is 53.2. The molecule has 0 fully saturated rings. The lowest BCUT2D eigenvalue weighted by atomic mass is 10.3. The van der Waals surface area contributed by atoms with Crippen molar-refractivity contribution in [2.45, 2.75) is 25.7 Å². The first-order valence-electron chi connectivity index (χ1n) is 7.34. The molecule has 2 N–H and O–H groups in total. The molecule has 0 rings (SSSR count). The van der Waals surface area contributed by atoms with Crippen LogP contribution in [-0.4, -0.2) is 69.8 Å². The zero-order valence-electron chi connectivity index (χ0n) is 14.5. The maximum Gasteiger partial charge on any atom is 0.314 e. The van der Waals surface area contributed by atoms with Gasteiger partial charge in [0.2, 0.25) is 0 Å². The molecular weight excluding hydrogens is 324 g/mol. The lowest BCUT2D eigenvalue weighted by molar-refractivity contribution is -0.317. The molecular formula is C13H26N4O7. The smallest absolute Gasteiger partial charge is 0.314 e. The lowest BCUT2D eigenvalue weighted by Crippen LogP contribution is -2.37. The summed E-state index contributed by atoms with van der Waals surface area (Å²) in [6.45, 7) is 0.637. The number of carbonyl (C=O) groups excluding carboxylic acids is 3. The Bertz CT molecular complexity index is 353. The molecule has 4 amide bonds. The summed E-state index contributed by atoms with van der Waals surface area (Å²) in [6, 6.07) is -0.374. The number of urea groups is 1. The largest absolute Gasteiger partial charge is 0.338 e. The molecule has 11 nitrogen and oxygen atoms in total. The van der Waals surface area contributed by atoms with Crippen LogP contribution in [0.4, 0.5) is 4.79 Å². The van der Waals surface area contributed by atoms with E-state index in [0.29, 0.717) is 25.9 Å². The molecule has 0 aliphatic carbocycles. The van der Waals surface area contributed by atoms with Crippen molar-refractivity contribution in [2.75, 3.05) is 41.5 Å². The fraction of sp³-hybridized carbons (Fsp3) is 0.769. The molecule has 0 heterocycles. The van der Waals surface area contributed by atoms with E-state index in [1.807, 2.05) is 0 Å². The molecule has 0 radical (unpaired) electrons. The van der Waals surface area contributed by atoms with Crippen LogP contribution in [0.25, 0.3) is 0 Å². The van der Waals surface area contributed by atoms with Crippen molar-refractivity contribution in [3.63, 3.8) is 0 Å². The monoisotopic (exact) mass is 350 g/mol. The summed E-state index contributed by atoms with van der Waals surface area (Å²) in [6.07, 6.45) is 1.20. The van der Waals surface area contributed by atoms with Crippen LogP contribution < -0.4 is 10.6 Å². The van der Waals surface area contributed by atoms with E-state index in [9.17, 15) is 14.4 Å². The first kappa shape index (κ1) is 22.1. The Morgan fingerprint density at radius 3 is 1.33 bits per heavy atom. The quantitative estimate of drug-likeness (QED) is 0.368. The van der Waals surface area contributed by atoms with E-state index in [1.165, 1.54) is 28.4 Å². The van der Waals surface area contributed by atoms with E-state index in [-0.39, 0.29) is 30.7 Å². The average molecular weight is 350 g/mol. The molecule has 0 saturated carbocycles. The molecule has 0 aromatic carbocycles. The van der Waals surface area contributed by atoms with Gasteiger partial charge in [0.15, 0.2) is 0 Å². The minimum Gasteiger partial charge on any atom is -0.338 e.